The molecule has 0 atom stereocenters. The van der Waals surface area contributed by atoms with Gasteiger partial charge in [0.05, 0.1) is 40.6 Å². The topological polar surface area (TPSA) is 71.6 Å². The summed E-state index contributed by atoms with van der Waals surface area (Å²) in [4.78, 5) is 25.1. The summed E-state index contributed by atoms with van der Waals surface area (Å²) in [5.74, 6) is -1.33. The van der Waals surface area contributed by atoms with Crippen LogP contribution in [0, 0.1) is 11.3 Å². The van der Waals surface area contributed by atoms with Crippen molar-refractivity contribution in [2.45, 2.75) is 13.1 Å². The highest BCUT2D eigenvalue weighted by molar-refractivity contribution is 6.11. The lowest BCUT2D eigenvalue weighted by atomic mass is 10.1. The van der Waals surface area contributed by atoms with Crippen molar-refractivity contribution >= 4 is 17.3 Å². The molecule has 8 heteroatoms. The maximum atomic E-state index is 13.1. The van der Waals surface area contributed by atoms with E-state index in [0.717, 1.165) is 18.3 Å². The summed E-state index contributed by atoms with van der Waals surface area (Å²) in [5.41, 5.74) is -0.556. The Balaban J connectivity index is 2.18. The second-order valence-corrected chi connectivity index (χ2v) is 5.85. The summed E-state index contributed by atoms with van der Waals surface area (Å²) in [7, 11) is 0. The third kappa shape index (κ3) is 3.47. The molecular weight excluding hydrogens is 373 g/mol. The van der Waals surface area contributed by atoms with E-state index in [0.29, 0.717) is 5.56 Å². The van der Waals surface area contributed by atoms with Crippen molar-refractivity contribution in [1.29, 1.82) is 5.26 Å². The van der Waals surface area contributed by atoms with E-state index >= 15 is 0 Å². The third-order valence-electron chi connectivity index (χ3n) is 4.10. The quantitative estimate of drug-likeness (QED) is 0.497. The molecule has 2 heterocycles. The first-order chi connectivity index (χ1) is 13.3. The number of fused-ring (bicyclic) bond motifs is 1. The largest absolute Gasteiger partial charge is 0.462 e. The minimum Gasteiger partial charge on any atom is -0.462 e. The molecule has 2 aromatic heterocycles. The van der Waals surface area contributed by atoms with Gasteiger partial charge in [0.15, 0.2) is 0 Å². The molecule has 3 aromatic rings. The number of rotatable bonds is 4. The number of nitriles is 1. The van der Waals surface area contributed by atoms with Gasteiger partial charge in [0, 0.05) is 11.8 Å². The van der Waals surface area contributed by atoms with Gasteiger partial charge in [-0.05, 0) is 49.4 Å². The second kappa shape index (κ2) is 7.19. The van der Waals surface area contributed by atoms with Crippen LogP contribution in [0.2, 0.25) is 0 Å². The Labute approximate surface area is 157 Å². The van der Waals surface area contributed by atoms with Crippen LogP contribution in [0.4, 0.5) is 13.2 Å². The average molecular weight is 386 g/mol. The Hall–Kier alpha value is -3.60. The third-order valence-corrected chi connectivity index (χ3v) is 4.10. The lowest BCUT2D eigenvalue weighted by Crippen LogP contribution is -2.08. The first kappa shape index (κ1) is 19.2. The highest BCUT2D eigenvalue weighted by atomic mass is 19.4. The molecule has 0 amide bonds. The van der Waals surface area contributed by atoms with E-state index in [-0.39, 0.29) is 28.9 Å². The fraction of sp³-hybridized carbons (Fsp3) is 0.150. The smallest absolute Gasteiger partial charge is 0.416 e. The van der Waals surface area contributed by atoms with Crippen molar-refractivity contribution < 1.29 is 27.5 Å². The number of pyridine rings is 1. The van der Waals surface area contributed by atoms with Crippen LogP contribution in [0.3, 0.4) is 0 Å². The highest BCUT2D eigenvalue weighted by Crippen LogP contribution is 2.32. The molecule has 0 N–H and O–H groups in total. The fourth-order valence-corrected chi connectivity index (χ4v) is 2.77. The molecule has 0 aliphatic heterocycles. The van der Waals surface area contributed by atoms with Crippen LogP contribution in [0.25, 0.3) is 5.52 Å². The molecule has 28 heavy (non-hydrogen) atoms. The summed E-state index contributed by atoms with van der Waals surface area (Å²) < 4.78 is 45.4. The number of hydrogen-bond acceptors (Lipinski definition) is 4. The SMILES string of the molecule is CCOC(=O)c1cc(C(=O)c2ccc(C#N)cc2)n2ccc(C(F)(F)F)cc12. The molecule has 1 aromatic carbocycles. The van der Waals surface area contributed by atoms with Gasteiger partial charge in [0.25, 0.3) is 0 Å². The first-order valence-corrected chi connectivity index (χ1v) is 8.20. The molecule has 0 aliphatic rings. The Morgan fingerprint density at radius 1 is 1.14 bits per heavy atom. The average Bonchev–Trinajstić information content (AvgIpc) is 3.06. The zero-order chi connectivity index (χ0) is 20.5. The minimum atomic E-state index is -4.60. The number of benzene rings is 1. The van der Waals surface area contributed by atoms with Crippen molar-refractivity contribution in [2.75, 3.05) is 6.61 Å². The molecule has 0 fully saturated rings. The number of carbonyl (C=O) groups excluding carboxylic acids is 2. The summed E-state index contributed by atoms with van der Waals surface area (Å²) in [6.45, 7) is 1.61. The van der Waals surface area contributed by atoms with Crippen LogP contribution in [0.1, 0.15) is 44.5 Å². The predicted molar refractivity (Wildman–Crippen MR) is 92.9 cm³/mol. The molecule has 0 unspecified atom stereocenters. The predicted octanol–water partition coefficient (Wildman–Crippen LogP) is 4.24. The Morgan fingerprint density at radius 2 is 1.82 bits per heavy atom. The number of ether oxygens (including phenoxy) is 1. The molecule has 0 spiro atoms. The number of nitrogens with zero attached hydrogens (tertiary/aromatic N) is 2. The molecular formula is C20H13F3N2O3. The number of esters is 1. The van der Waals surface area contributed by atoms with E-state index in [2.05, 4.69) is 0 Å². The van der Waals surface area contributed by atoms with Crippen molar-refractivity contribution in [2.24, 2.45) is 0 Å². The minimum absolute atomic E-state index is 0.0106. The zero-order valence-corrected chi connectivity index (χ0v) is 14.6. The van der Waals surface area contributed by atoms with Crippen LogP contribution in [-0.4, -0.2) is 22.8 Å². The number of hydrogen-bond donors (Lipinski definition) is 0. The lowest BCUT2D eigenvalue weighted by Gasteiger charge is -2.09. The van der Waals surface area contributed by atoms with Crippen LogP contribution >= 0.6 is 0 Å². The number of ketones is 1. The van der Waals surface area contributed by atoms with E-state index < -0.39 is 23.5 Å². The number of aromatic nitrogens is 1. The van der Waals surface area contributed by atoms with Gasteiger partial charge in [-0.2, -0.15) is 18.4 Å². The van der Waals surface area contributed by atoms with Crippen molar-refractivity contribution in [3.05, 3.63) is 76.6 Å². The number of carbonyl (C=O) groups is 2. The van der Waals surface area contributed by atoms with Crippen molar-refractivity contribution in [3.8, 4) is 6.07 Å². The fourth-order valence-electron chi connectivity index (χ4n) is 2.77. The van der Waals surface area contributed by atoms with Crippen molar-refractivity contribution in [1.82, 2.24) is 4.40 Å². The van der Waals surface area contributed by atoms with Gasteiger partial charge in [0.1, 0.15) is 0 Å². The first-order valence-electron chi connectivity index (χ1n) is 8.20. The molecule has 3 rings (SSSR count). The van der Waals surface area contributed by atoms with Crippen LogP contribution < -0.4 is 0 Å². The molecule has 0 saturated heterocycles. The van der Waals surface area contributed by atoms with E-state index in [9.17, 15) is 22.8 Å². The normalized spacial score (nSPS) is 11.2. The maximum absolute atomic E-state index is 13.1. The molecule has 0 saturated carbocycles. The highest BCUT2D eigenvalue weighted by Gasteiger charge is 2.32. The van der Waals surface area contributed by atoms with Gasteiger partial charge < -0.3 is 9.14 Å². The molecule has 142 valence electrons. The van der Waals surface area contributed by atoms with E-state index in [1.165, 1.54) is 34.7 Å². The van der Waals surface area contributed by atoms with Gasteiger partial charge in [-0.3, -0.25) is 4.79 Å². The lowest BCUT2D eigenvalue weighted by molar-refractivity contribution is -0.137. The summed E-state index contributed by atoms with van der Waals surface area (Å²) in [5, 5.41) is 8.85. The zero-order valence-electron chi connectivity index (χ0n) is 14.6. The Morgan fingerprint density at radius 3 is 2.39 bits per heavy atom. The van der Waals surface area contributed by atoms with Crippen LogP contribution in [-0.2, 0) is 10.9 Å². The number of halogens is 3. The summed E-state index contributed by atoms with van der Waals surface area (Å²) in [6, 6.07) is 10.6. The monoisotopic (exact) mass is 386 g/mol. The Kier molecular flexibility index (Phi) is 4.92. The van der Waals surface area contributed by atoms with E-state index in [1.807, 2.05) is 6.07 Å². The number of alkyl halides is 3. The molecule has 0 radical (unpaired) electrons. The molecule has 0 aliphatic carbocycles. The maximum Gasteiger partial charge on any atom is 0.416 e. The van der Waals surface area contributed by atoms with Crippen LogP contribution in [0.15, 0.2) is 48.7 Å². The summed E-state index contributed by atoms with van der Waals surface area (Å²) >= 11 is 0. The second-order valence-electron chi connectivity index (χ2n) is 5.85. The van der Waals surface area contributed by atoms with Gasteiger partial charge in [-0.25, -0.2) is 4.79 Å². The Bertz CT molecular complexity index is 1110. The van der Waals surface area contributed by atoms with E-state index in [1.54, 1.807) is 6.92 Å². The van der Waals surface area contributed by atoms with Gasteiger partial charge in [-0.1, -0.05) is 0 Å². The van der Waals surface area contributed by atoms with Gasteiger partial charge >= 0.3 is 12.1 Å². The van der Waals surface area contributed by atoms with Crippen LogP contribution in [0.5, 0.6) is 0 Å². The molecule has 0 bridgehead atoms. The van der Waals surface area contributed by atoms with Crippen molar-refractivity contribution in [3.63, 3.8) is 0 Å². The molecule has 5 nitrogen and oxygen atoms in total. The van der Waals surface area contributed by atoms with E-state index in [4.69, 9.17) is 10.00 Å². The van der Waals surface area contributed by atoms with Gasteiger partial charge in [-0.15, -0.1) is 0 Å². The van der Waals surface area contributed by atoms with Gasteiger partial charge in [0.2, 0.25) is 5.78 Å². The summed E-state index contributed by atoms with van der Waals surface area (Å²) in [6.07, 6.45) is -3.51. The standard InChI is InChI=1S/C20H13F3N2O3/c1-2-28-19(27)15-10-17(18(26)13-5-3-12(11-24)4-6-13)25-8-7-14(9-16(15)25)20(21,22)23/h3-10H,2H2,1H3.